The maximum atomic E-state index is 2.45. The summed E-state index contributed by atoms with van der Waals surface area (Å²) in [7, 11) is 0. The fourth-order valence-corrected chi connectivity index (χ4v) is 2.31. The van der Waals surface area contributed by atoms with Gasteiger partial charge in [-0.3, -0.25) is 0 Å². The molecule has 19 heavy (non-hydrogen) atoms. The van der Waals surface area contributed by atoms with Crippen LogP contribution in [0.3, 0.4) is 0 Å². The molecule has 108 valence electrons. The van der Waals surface area contributed by atoms with E-state index in [4.69, 9.17) is 0 Å². The fourth-order valence-electron chi connectivity index (χ4n) is 2.31. The van der Waals surface area contributed by atoms with Gasteiger partial charge in [-0.05, 0) is 46.8 Å². The monoisotopic (exact) mass is 260 g/mol. The zero-order valence-electron chi connectivity index (χ0n) is 14.1. The van der Waals surface area contributed by atoms with Crippen LogP contribution in [0.1, 0.15) is 84.4 Å². The van der Waals surface area contributed by atoms with Gasteiger partial charge in [0.05, 0.1) is 0 Å². The Morgan fingerprint density at radius 3 is 1.47 bits per heavy atom. The first-order valence-corrected chi connectivity index (χ1v) is 7.91. The smallest absolute Gasteiger partial charge is 0.0106 e. The van der Waals surface area contributed by atoms with Crippen molar-refractivity contribution in [3.05, 3.63) is 34.9 Å². The Balaban J connectivity index is 3.34. The lowest BCUT2D eigenvalue weighted by atomic mass is 9.75. The standard InChI is InChI=1S/C19H32/c1-8-11-15-12-16(18(4,5)9-2)14-17(13-15)19(6,7)10-3/h12-14H,8-11H2,1-7H3. The summed E-state index contributed by atoms with van der Waals surface area (Å²) >= 11 is 0. The minimum absolute atomic E-state index is 0.280. The zero-order chi connectivity index (χ0) is 14.7. The highest BCUT2D eigenvalue weighted by molar-refractivity contribution is 5.38. The lowest BCUT2D eigenvalue weighted by Crippen LogP contribution is -2.20. The third-order valence-electron chi connectivity index (χ3n) is 4.86. The molecule has 0 heteroatoms. The van der Waals surface area contributed by atoms with Crippen LogP contribution in [0, 0.1) is 0 Å². The summed E-state index contributed by atoms with van der Waals surface area (Å²) in [6, 6.07) is 7.32. The molecule has 0 saturated carbocycles. The summed E-state index contributed by atoms with van der Waals surface area (Å²) < 4.78 is 0. The Kier molecular flexibility index (Phi) is 5.24. The lowest BCUT2D eigenvalue weighted by Gasteiger charge is -2.29. The summed E-state index contributed by atoms with van der Waals surface area (Å²) in [6.45, 7) is 16.3. The highest BCUT2D eigenvalue weighted by atomic mass is 14.3. The average molecular weight is 260 g/mol. The van der Waals surface area contributed by atoms with Crippen LogP contribution in [0.5, 0.6) is 0 Å². The van der Waals surface area contributed by atoms with Gasteiger partial charge in [0, 0.05) is 0 Å². The predicted octanol–water partition coefficient (Wildman–Crippen LogP) is 6.01. The zero-order valence-corrected chi connectivity index (χ0v) is 14.1. The van der Waals surface area contributed by atoms with E-state index in [0.717, 1.165) is 0 Å². The molecule has 1 rings (SSSR count). The van der Waals surface area contributed by atoms with Gasteiger partial charge in [0.1, 0.15) is 0 Å². The van der Waals surface area contributed by atoms with E-state index < -0.39 is 0 Å². The van der Waals surface area contributed by atoms with E-state index in [0.29, 0.717) is 0 Å². The SMILES string of the molecule is CCCc1cc(C(C)(C)CC)cc(C(C)(C)CC)c1. The summed E-state index contributed by atoms with van der Waals surface area (Å²) in [6.07, 6.45) is 4.80. The largest absolute Gasteiger partial charge is 0.0651 e. The summed E-state index contributed by atoms with van der Waals surface area (Å²) in [5.41, 5.74) is 5.10. The molecule has 0 spiro atoms. The second-order valence-corrected chi connectivity index (χ2v) is 7.14. The van der Waals surface area contributed by atoms with Crippen molar-refractivity contribution in [1.82, 2.24) is 0 Å². The molecule has 0 aliphatic rings. The summed E-state index contributed by atoms with van der Waals surface area (Å²) in [5, 5.41) is 0. The van der Waals surface area contributed by atoms with E-state index in [1.54, 1.807) is 0 Å². The molecule has 0 atom stereocenters. The number of hydrogen-bond acceptors (Lipinski definition) is 0. The van der Waals surface area contributed by atoms with Crippen LogP contribution >= 0.6 is 0 Å². The molecule has 0 nitrogen and oxygen atoms in total. The van der Waals surface area contributed by atoms with Crippen molar-refractivity contribution in [3.8, 4) is 0 Å². The van der Waals surface area contributed by atoms with Gasteiger partial charge in [0.15, 0.2) is 0 Å². The Labute approximate surface area is 120 Å². The molecule has 0 aliphatic heterocycles. The number of aryl methyl sites for hydroxylation is 1. The van der Waals surface area contributed by atoms with Crippen LogP contribution < -0.4 is 0 Å². The van der Waals surface area contributed by atoms with Gasteiger partial charge in [0.25, 0.3) is 0 Å². The highest BCUT2D eigenvalue weighted by Crippen LogP contribution is 2.34. The van der Waals surface area contributed by atoms with Crippen LogP contribution in [-0.4, -0.2) is 0 Å². The Hall–Kier alpha value is -0.780. The van der Waals surface area contributed by atoms with Crippen molar-refractivity contribution in [2.75, 3.05) is 0 Å². The second-order valence-electron chi connectivity index (χ2n) is 7.14. The average Bonchev–Trinajstić information content (AvgIpc) is 2.38. The van der Waals surface area contributed by atoms with Crippen LogP contribution in [0.2, 0.25) is 0 Å². The molecule has 0 aliphatic carbocycles. The van der Waals surface area contributed by atoms with Crippen LogP contribution in [0.4, 0.5) is 0 Å². The van der Waals surface area contributed by atoms with E-state index >= 15 is 0 Å². The van der Waals surface area contributed by atoms with Gasteiger partial charge < -0.3 is 0 Å². The molecule has 0 heterocycles. The van der Waals surface area contributed by atoms with Crippen molar-refractivity contribution in [2.45, 2.75) is 85.0 Å². The van der Waals surface area contributed by atoms with Crippen LogP contribution in [-0.2, 0) is 17.3 Å². The summed E-state index contributed by atoms with van der Waals surface area (Å²) in [4.78, 5) is 0. The molecule has 0 amide bonds. The molecule has 0 bridgehead atoms. The Morgan fingerprint density at radius 2 is 1.16 bits per heavy atom. The first-order valence-electron chi connectivity index (χ1n) is 7.91. The normalized spacial score (nSPS) is 12.8. The van der Waals surface area contributed by atoms with Crippen molar-refractivity contribution >= 4 is 0 Å². The van der Waals surface area contributed by atoms with Gasteiger partial charge in [-0.2, -0.15) is 0 Å². The van der Waals surface area contributed by atoms with Gasteiger partial charge in [-0.15, -0.1) is 0 Å². The molecule has 0 aromatic heterocycles. The van der Waals surface area contributed by atoms with E-state index in [1.165, 1.54) is 42.4 Å². The van der Waals surface area contributed by atoms with E-state index in [9.17, 15) is 0 Å². The lowest BCUT2D eigenvalue weighted by molar-refractivity contribution is 0.487. The highest BCUT2D eigenvalue weighted by Gasteiger charge is 2.24. The molecule has 0 N–H and O–H groups in total. The van der Waals surface area contributed by atoms with Crippen molar-refractivity contribution in [3.63, 3.8) is 0 Å². The third kappa shape index (κ3) is 3.84. The second kappa shape index (κ2) is 6.11. The molecule has 1 aromatic rings. The minimum Gasteiger partial charge on any atom is -0.0651 e. The van der Waals surface area contributed by atoms with E-state index in [2.05, 4.69) is 66.7 Å². The van der Waals surface area contributed by atoms with Gasteiger partial charge in [0.2, 0.25) is 0 Å². The topological polar surface area (TPSA) is 0 Å². The number of hydrogen-bond donors (Lipinski definition) is 0. The van der Waals surface area contributed by atoms with E-state index in [1.807, 2.05) is 0 Å². The maximum Gasteiger partial charge on any atom is -0.0106 e. The van der Waals surface area contributed by atoms with Crippen molar-refractivity contribution < 1.29 is 0 Å². The predicted molar refractivity (Wildman–Crippen MR) is 87.1 cm³/mol. The molecular weight excluding hydrogens is 228 g/mol. The molecule has 0 radical (unpaired) electrons. The molecule has 0 saturated heterocycles. The maximum absolute atomic E-state index is 2.45. The van der Waals surface area contributed by atoms with Gasteiger partial charge >= 0.3 is 0 Å². The van der Waals surface area contributed by atoms with Gasteiger partial charge in [-0.25, -0.2) is 0 Å². The number of benzene rings is 1. The van der Waals surface area contributed by atoms with E-state index in [-0.39, 0.29) is 10.8 Å². The molecule has 0 fully saturated rings. The molecule has 0 unspecified atom stereocenters. The minimum atomic E-state index is 0.280. The number of rotatable bonds is 6. The van der Waals surface area contributed by atoms with Crippen LogP contribution in [0.15, 0.2) is 18.2 Å². The first kappa shape index (κ1) is 16.3. The Bertz CT molecular complexity index is 376. The molecular formula is C19H32. The van der Waals surface area contributed by atoms with Crippen molar-refractivity contribution in [1.29, 1.82) is 0 Å². The fraction of sp³-hybridized carbons (Fsp3) is 0.684. The summed E-state index contributed by atoms with van der Waals surface area (Å²) in [5.74, 6) is 0. The molecule has 1 aromatic carbocycles. The first-order chi connectivity index (χ1) is 8.76. The van der Waals surface area contributed by atoms with Crippen LogP contribution in [0.25, 0.3) is 0 Å². The Morgan fingerprint density at radius 1 is 0.737 bits per heavy atom. The van der Waals surface area contributed by atoms with Gasteiger partial charge in [-0.1, -0.05) is 73.1 Å². The quantitative estimate of drug-likeness (QED) is 0.587. The van der Waals surface area contributed by atoms with Crippen molar-refractivity contribution in [2.24, 2.45) is 0 Å². The third-order valence-corrected chi connectivity index (χ3v) is 4.86.